The average Bonchev–Trinajstić information content (AvgIpc) is 2.88. The highest BCUT2D eigenvalue weighted by molar-refractivity contribution is 6.33. The summed E-state index contributed by atoms with van der Waals surface area (Å²) in [6, 6.07) is 6.71. The maximum Gasteiger partial charge on any atom is 0.306 e. The van der Waals surface area contributed by atoms with E-state index >= 15 is 0 Å². The number of carbonyl (C=O) groups is 1. The molecule has 0 aliphatic heterocycles. The third-order valence-electron chi connectivity index (χ3n) is 2.58. The van der Waals surface area contributed by atoms with E-state index < -0.39 is 4.92 Å². The standard InChI is InChI=1S/C12H11ClN4O3/c13-11-4-2-1-3-10(11)12(18)14-5-6-16-8-9(7-15-16)17(19)20/h1-4,7-8H,5-6H2,(H,14,18). The zero-order valence-electron chi connectivity index (χ0n) is 10.3. The molecule has 1 aromatic carbocycles. The first kappa shape index (κ1) is 14.0. The Kier molecular flexibility index (Phi) is 4.31. The van der Waals surface area contributed by atoms with Crippen molar-refractivity contribution in [2.45, 2.75) is 6.54 Å². The van der Waals surface area contributed by atoms with Crippen molar-refractivity contribution < 1.29 is 9.72 Å². The van der Waals surface area contributed by atoms with Crippen LogP contribution < -0.4 is 5.32 Å². The van der Waals surface area contributed by atoms with Crippen molar-refractivity contribution in [3.63, 3.8) is 0 Å². The highest BCUT2D eigenvalue weighted by Gasteiger charge is 2.10. The molecule has 0 spiro atoms. The Morgan fingerprint density at radius 2 is 2.20 bits per heavy atom. The Bertz CT molecular complexity index is 641. The molecule has 8 heteroatoms. The van der Waals surface area contributed by atoms with Crippen LogP contribution in [0.25, 0.3) is 0 Å². The lowest BCUT2D eigenvalue weighted by atomic mass is 10.2. The summed E-state index contributed by atoms with van der Waals surface area (Å²) >= 11 is 5.90. The first-order chi connectivity index (χ1) is 9.58. The molecular weight excluding hydrogens is 284 g/mol. The molecule has 1 N–H and O–H groups in total. The minimum atomic E-state index is -0.522. The van der Waals surface area contributed by atoms with Gasteiger partial charge in [0, 0.05) is 6.54 Å². The van der Waals surface area contributed by atoms with Gasteiger partial charge in [-0.2, -0.15) is 5.10 Å². The fraction of sp³-hybridized carbons (Fsp3) is 0.167. The van der Waals surface area contributed by atoms with Crippen LogP contribution in [-0.4, -0.2) is 27.2 Å². The summed E-state index contributed by atoms with van der Waals surface area (Å²) in [6.45, 7) is 0.632. The Morgan fingerprint density at radius 3 is 2.85 bits per heavy atom. The van der Waals surface area contributed by atoms with Crippen LogP contribution in [-0.2, 0) is 6.54 Å². The van der Waals surface area contributed by atoms with Crippen molar-refractivity contribution in [1.82, 2.24) is 15.1 Å². The molecule has 0 aliphatic carbocycles. The lowest BCUT2D eigenvalue weighted by molar-refractivity contribution is -0.385. The van der Waals surface area contributed by atoms with E-state index in [9.17, 15) is 14.9 Å². The molecule has 2 rings (SSSR count). The van der Waals surface area contributed by atoms with Gasteiger partial charge in [-0.1, -0.05) is 23.7 Å². The van der Waals surface area contributed by atoms with E-state index in [1.54, 1.807) is 24.3 Å². The smallest absolute Gasteiger partial charge is 0.306 e. The summed E-state index contributed by atoms with van der Waals surface area (Å²) in [5.74, 6) is -0.294. The lowest BCUT2D eigenvalue weighted by Crippen LogP contribution is -2.27. The van der Waals surface area contributed by atoms with Crippen LogP contribution in [0.15, 0.2) is 36.7 Å². The monoisotopic (exact) mass is 294 g/mol. The fourth-order valence-electron chi connectivity index (χ4n) is 1.59. The van der Waals surface area contributed by atoms with Crippen molar-refractivity contribution in [3.05, 3.63) is 57.4 Å². The van der Waals surface area contributed by atoms with Crippen LogP contribution in [0.3, 0.4) is 0 Å². The third-order valence-corrected chi connectivity index (χ3v) is 2.90. The van der Waals surface area contributed by atoms with E-state index in [0.29, 0.717) is 23.7 Å². The maximum atomic E-state index is 11.8. The summed E-state index contributed by atoms with van der Waals surface area (Å²) in [4.78, 5) is 21.8. The summed E-state index contributed by atoms with van der Waals surface area (Å²) in [5.41, 5.74) is 0.308. The molecular formula is C12H11ClN4O3. The van der Waals surface area contributed by atoms with Gasteiger partial charge < -0.3 is 5.32 Å². The maximum absolute atomic E-state index is 11.8. The van der Waals surface area contributed by atoms with E-state index in [-0.39, 0.29) is 11.6 Å². The quantitative estimate of drug-likeness (QED) is 0.673. The molecule has 1 heterocycles. The predicted octanol–water partition coefficient (Wildman–Crippen LogP) is 1.87. The molecule has 0 fully saturated rings. The van der Waals surface area contributed by atoms with Crippen molar-refractivity contribution in [3.8, 4) is 0 Å². The van der Waals surface area contributed by atoms with E-state index in [1.165, 1.54) is 10.9 Å². The second kappa shape index (κ2) is 6.16. The number of hydrogen-bond acceptors (Lipinski definition) is 4. The normalized spacial score (nSPS) is 10.2. The van der Waals surface area contributed by atoms with E-state index in [0.717, 1.165) is 6.20 Å². The Labute approximate surface area is 119 Å². The van der Waals surface area contributed by atoms with E-state index in [2.05, 4.69) is 10.4 Å². The Hall–Kier alpha value is -2.41. The van der Waals surface area contributed by atoms with Crippen LogP contribution in [0.1, 0.15) is 10.4 Å². The van der Waals surface area contributed by atoms with Gasteiger partial charge in [0.05, 0.1) is 22.1 Å². The van der Waals surface area contributed by atoms with Crippen LogP contribution in [0.4, 0.5) is 5.69 Å². The molecule has 1 amide bonds. The van der Waals surface area contributed by atoms with Crippen molar-refractivity contribution in [2.75, 3.05) is 6.54 Å². The van der Waals surface area contributed by atoms with Gasteiger partial charge in [0.2, 0.25) is 0 Å². The highest BCUT2D eigenvalue weighted by atomic mass is 35.5. The number of hydrogen-bond donors (Lipinski definition) is 1. The summed E-state index contributed by atoms with van der Waals surface area (Å²) in [7, 11) is 0. The number of halogens is 1. The second-order valence-corrected chi connectivity index (χ2v) is 4.36. The SMILES string of the molecule is O=C(NCCn1cc([N+](=O)[O-])cn1)c1ccccc1Cl. The largest absolute Gasteiger partial charge is 0.350 e. The zero-order chi connectivity index (χ0) is 14.5. The second-order valence-electron chi connectivity index (χ2n) is 3.95. The van der Waals surface area contributed by atoms with Crippen LogP contribution >= 0.6 is 11.6 Å². The lowest BCUT2D eigenvalue weighted by Gasteiger charge is -2.06. The summed E-state index contributed by atoms with van der Waals surface area (Å²) < 4.78 is 1.39. The molecule has 2 aromatic rings. The molecule has 0 radical (unpaired) electrons. The molecule has 20 heavy (non-hydrogen) atoms. The van der Waals surface area contributed by atoms with Crippen molar-refractivity contribution in [1.29, 1.82) is 0 Å². The van der Waals surface area contributed by atoms with Crippen LogP contribution in [0, 0.1) is 10.1 Å². The van der Waals surface area contributed by atoms with Crippen molar-refractivity contribution >= 4 is 23.2 Å². The minimum absolute atomic E-state index is 0.0811. The molecule has 0 bridgehead atoms. The Morgan fingerprint density at radius 1 is 1.45 bits per heavy atom. The van der Waals surface area contributed by atoms with E-state index in [1.807, 2.05) is 0 Å². The van der Waals surface area contributed by atoms with Gasteiger partial charge >= 0.3 is 5.69 Å². The third kappa shape index (κ3) is 3.33. The minimum Gasteiger partial charge on any atom is -0.350 e. The number of nitrogens with zero attached hydrogens (tertiary/aromatic N) is 3. The Balaban J connectivity index is 1.88. The number of rotatable bonds is 5. The molecule has 0 saturated carbocycles. The number of amides is 1. The molecule has 0 saturated heterocycles. The van der Waals surface area contributed by atoms with Gasteiger partial charge in [-0.25, -0.2) is 0 Å². The molecule has 104 valence electrons. The van der Waals surface area contributed by atoms with Gasteiger partial charge in [0.1, 0.15) is 12.4 Å². The average molecular weight is 295 g/mol. The first-order valence-corrected chi connectivity index (χ1v) is 6.15. The summed E-state index contributed by atoms with van der Waals surface area (Å²) in [6.07, 6.45) is 2.47. The van der Waals surface area contributed by atoms with Crippen molar-refractivity contribution in [2.24, 2.45) is 0 Å². The number of nitro groups is 1. The molecule has 0 aliphatic rings. The number of aromatic nitrogens is 2. The van der Waals surface area contributed by atoms with Gasteiger partial charge in [0.15, 0.2) is 0 Å². The van der Waals surface area contributed by atoms with Gasteiger partial charge in [0.25, 0.3) is 5.91 Å². The molecule has 7 nitrogen and oxygen atoms in total. The number of benzene rings is 1. The van der Waals surface area contributed by atoms with Crippen LogP contribution in [0.5, 0.6) is 0 Å². The highest BCUT2D eigenvalue weighted by Crippen LogP contribution is 2.14. The molecule has 0 atom stereocenters. The van der Waals surface area contributed by atoms with Crippen LogP contribution in [0.2, 0.25) is 5.02 Å². The van der Waals surface area contributed by atoms with Gasteiger partial charge in [-0.3, -0.25) is 19.6 Å². The van der Waals surface area contributed by atoms with E-state index in [4.69, 9.17) is 11.6 Å². The van der Waals surface area contributed by atoms with Gasteiger partial charge in [-0.05, 0) is 12.1 Å². The topological polar surface area (TPSA) is 90.1 Å². The first-order valence-electron chi connectivity index (χ1n) is 5.77. The van der Waals surface area contributed by atoms with Gasteiger partial charge in [-0.15, -0.1) is 0 Å². The summed E-state index contributed by atoms with van der Waals surface area (Å²) in [5, 5.41) is 17.4. The molecule has 1 aromatic heterocycles. The number of carbonyl (C=O) groups excluding carboxylic acids is 1. The molecule has 0 unspecified atom stereocenters. The predicted molar refractivity (Wildman–Crippen MR) is 72.7 cm³/mol. The number of nitrogens with one attached hydrogen (secondary N) is 1. The fourth-order valence-corrected chi connectivity index (χ4v) is 1.82. The zero-order valence-corrected chi connectivity index (χ0v) is 11.1.